The van der Waals surface area contributed by atoms with Crippen LogP contribution in [0.15, 0.2) is 17.0 Å². The largest absolute Gasteiger partial charge is 0.296 e. The van der Waals surface area contributed by atoms with Crippen LogP contribution in [0.2, 0.25) is 0 Å². The first-order valence-electron chi connectivity index (χ1n) is 3.90. The zero-order chi connectivity index (χ0) is 9.84. The third-order valence-electron chi connectivity index (χ3n) is 1.58. The molecule has 0 radical (unpaired) electrons. The molecule has 0 spiro atoms. The van der Waals surface area contributed by atoms with Gasteiger partial charge in [0, 0.05) is 13.5 Å². The number of hydrogen-bond donors (Lipinski definition) is 0. The Hall–Kier alpha value is -0.970. The van der Waals surface area contributed by atoms with E-state index >= 15 is 0 Å². The molecule has 1 heterocycles. The Morgan fingerprint density at radius 3 is 2.62 bits per heavy atom. The highest BCUT2D eigenvalue weighted by Crippen LogP contribution is 2.11. The fourth-order valence-corrected chi connectivity index (χ4v) is 1.20. The number of halogens is 1. The molecule has 0 unspecified atom stereocenters. The molecule has 1 amide bonds. The van der Waals surface area contributed by atoms with Crippen molar-refractivity contribution in [3.63, 3.8) is 0 Å². The Morgan fingerprint density at radius 2 is 2.23 bits per heavy atom. The maximum Gasteiger partial charge on any atom is 0.225 e. The minimum Gasteiger partial charge on any atom is -0.296 e. The molecule has 5 heteroatoms. The zero-order valence-electron chi connectivity index (χ0n) is 7.49. The molecule has 0 atom stereocenters. The first-order chi connectivity index (χ1) is 6.15. The summed E-state index contributed by atoms with van der Waals surface area (Å²) in [6.07, 6.45) is 3.13. The Balaban J connectivity index is 2.92. The van der Waals surface area contributed by atoms with Crippen LogP contribution in [0.1, 0.15) is 13.8 Å². The number of hydrogen-bond acceptors (Lipinski definition) is 3. The summed E-state index contributed by atoms with van der Waals surface area (Å²) in [5, 5.41) is 0. The molecule has 4 nitrogen and oxygen atoms in total. The fourth-order valence-electron chi connectivity index (χ4n) is 0.991. The summed E-state index contributed by atoms with van der Waals surface area (Å²) in [4.78, 5) is 20.7. The van der Waals surface area contributed by atoms with Crippen molar-refractivity contribution in [1.82, 2.24) is 9.97 Å². The maximum atomic E-state index is 11.1. The quantitative estimate of drug-likeness (QED) is 0.793. The van der Waals surface area contributed by atoms with Crippen molar-refractivity contribution in [2.45, 2.75) is 13.8 Å². The number of carbonyl (C=O) groups is 1. The SMILES string of the molecule is CCN(C(C)=O)c1cnc(Br)cn1. The van der Waals surface area contributed by atoms with Crippen LogP contribution in [-0.4, -0.2) is 22.4 Å². The van der Waals surface area contributed by atoms with Gasteiger partial charge in [0.15, 0.2) is 5.82 Å². The second-order valence-electron chi connectivity index (χ2n) is 2.46. The molecule has 1 aromatic heterocycles. The van der Waals surface area contributed by atoms with Crippen LogP contribution in [0.5, 0.6) is 0 Å². The summed E-state index contributed by atoms with van der Waals surface area (Å²) in [5.41, 5.74) is 0. The third-order valence-corrected chi connectivity index (χ3v) is 1.99. The number of aromatic nitrogens is 2. The fraction of sp³-hybridized carbons (Fsp3) is 0.375. The molecule has 0 N–H and O–H groups in total. The van der Waals surface area contributed by atoms with Crippen molar-refractivity contribution in [1.29, 1.82) is 0 Å². The van der Waals surface area contributed by atoms with E-state index in [1.807, 2.05) is 6.92 Å². The smallest absolute Gasteiger partial charge is 0.225 e. The number of nitrogens with zero attached hydrogens (tertiary/aromatic N) is 3. The highest BCUT2D eigenvalue weighted by atomic mass is 79.9. The first kappa shape index (κ1) is 10.1. The molecule has 0 aromatic carbocycles. The van der Waals surface area contributed by atoms with E-state index in [1.165, 1.54) is 6.92 Å². The van der Waals surface area contributed by atoms with E-state index < -0.39 is 0 Å². The van der Waals surface area contributed by atoms with Crippen LogP contribution >= 0.6 is 15.9 Å². The van der Waals surface area contributed by atoms with Crippen molar-refractivity contribution < 1.29 is 4.79 Å². The van der Waals surface area contributed by atoms with Crippen LogP contribution in [0.25, 0.3) is 0 Å². The molecule has 0 fully saturated rings. The summed E-state index contributed by atoms with van der Waals surface area (Å²) < 4.78 is 0.663. The van der Waals surface area contributed by atoms with Crippen LogP contribution < -0.4 is 4.90 Å². The van der Waals surface area contributed by atoms with Crippen LogP contribution in [0, 0.1) is 0 Å². The molecule has 1 aromatic rings. The van der Waals surface area contributed by atoms with Crippen LogP contribution in [-0.2, 0) is 4.79 Å². The number of anilines is 1. The topological polar surface area (TPSA) is 46.1 Å². The Morgan fingerprint density at radius 1 is 1.54 bits per heavy atom. The maximum absolute atomic E-state index is 11.1. The van der Waals surface area contributed by atoms with Gasteiger partial charge < -0.3 is 0 Å². The van der Waals surface area contributed by atoms with Gasteiger partial charge in [-0.25, -0.2) is 9.97 Å². The lowest BCUT2D eigenvalue weighted by atomic mass is 10.5. The van der Waals surface area contributed by atoms with E-state index in [2.05, 4.69) is 25.9 Å². The Bertz CT molecular complexity index is 299. The van der Waals surface area contributed by atoms with Gasteiger partial charge in [-0.3, -0.25) is 9.69 Å². The molecule has 0 saturated carbocycles. The second-order valence-corrected chi connectivity index (χ2v) is 3.27. The second kappa shape index (κ2) is 4.32. The van der Waals surface area contributed by atoms with Gasteiger partial charge in [-0.05, 0) is 22.9 Å². The average Bonchev–Trinajstić information content (AvgIpc) is 2.09. The minimum absolute atomic E-state index is 0.0286. The van der Waals surface area contributed by atoms with E-state index in [-0.39, 0.29) is 5.91 Å². The number of amides is 1. The monoisotopic (exact) mass is 243 g/mol. The molecule has 0 aliphatic rings. The van der Waals surface area contributed by atoms with Gasteiger partial charge in [-0.1, -0.05) is 0 Å². The highest BCUT2D eigenvalue weighted by molar-refractivity contribution is 9.10. The van der Waals surface area contributed by atoms with Crippen LogP contribution in [0.4, 0.5) is 5.82 Å². The normalized spacial score (nSPS) is 9.77. The van der Waals surface area contributed by atoms with Crippen molar-refractivity contribution in [2.24, 2.45) is 0 Å². The van der Waals surface area contributed by atoms with E-state index in [1.54, 1.807) is 17.3 Å². The number of rotatable bonds is 2. The lowest BCUT2D eigenvalue weighted by Crippen LogP contribution is -2.28. The van der Waals surface area contributed by atoms with Crippen molar-refractivity contribution in [2.75, 3.05) is 11.4 Å². The summed E-state index contributed by atoms with van der Waals surface area (Å²) in [6.45, 7) is 4.00. The Labute approximate surface area is 85.1 Å². The van der Waals surface area contributed by atoms with E-state index in [9.17, 15) is 4.79 Å². The molecular weight excluding hydrogens is 234 g/mol. The van der Waals surface area contributed by atoms with Gasteiger partial charge in [0.25, 0.3) is 0 Å². The van der Waals surface area contributed by atoms with E-state index in [0.717, 1.165) is 0 Å². The van der Waals surface area contributed by atoms with Crippen molar-refractivity contribution in [3.05, 3.63) is 17.0 Å². The van der Waals surface area contributed by atoms with Gasteiger partial charge in [0.05, 0.1) is 12.4 Å². The molecule has 1 rings (SSSR count). The van der Waals surface area contributed by atoms with Crippen molar-refractivity contribution >= 4 is 27.7 Å². The van der Waals surface area contributed by atoms with Gasteiger partial charge >= 0.3 is 0 Å². The van der Waals surface area contributed by atoms with Gasteiger partial charge in [0.2, 0.25) is 5.91 Å². The number of carbonyl (C=O) groups excluding carboxylic acids is 1. The molecule has 0 aliphatic carbocycles. The molecule has 0 saturated heterocycles. The Kier molecular flexibility index (Phi) is 3.36. The first-order valence-corrected chi connectivity index (χ1v) is 4.70. The summed E-state index contributed by atoms with van der Waals surface area (Å²) >= 11 is 3.18. The van der Waals surface area contributed by atoms with Crippen LogP contribution in [0.3, 0.4) is 0 Å². The standard InChI is InChI=1S/C8H10BrN3O/c1-3-12(6(2)13)8-5-10-7(9)4-11-8/h4-5H,3H2,1-2H3. The lowest BCUT2D eigenvalue weighted by molar-refractivity contribution is -0.116. The molecule has 13 heavy (non-hydrogen) atoms. The third kappa shape index (κ3) is 2.48. The van der Waals surface area contributed by atoms with Gasteiger partial charge in [0.1, 0.15) is 4.60 Å². The van der Waals surface area contributed by atoms with Gasteiger partial charge in [-0.2, -0.15) is 0 Å². The minimum atomic E-state index is -0.0286. The predicted molar refractivity (Wildman–Crippen MR) is 53.4 cm³/mol. The summed E-state index contributed by atoms with van der Waals surface area (Å²) in [6, 6.07) is 0. The summed E-state index contributed by atoms with van der Waals surface area (Å²) in [7, 11) is 0. The summed E-state index contributed by atoms with van der Waals surface area (Å²) in [5.74, 6) is 0.553. The molecule has 0 aliphatic heterocycles. The molecular formula is C8H10BrN3O. The zero-order valence-corrected chi connectivity index (χ0v) is 9.08. The molecule has 0 bridgehead atoms. The van der Waals surface area contributed by atoms with Crippen molar-refractivity contribution in [3.8, 4) is 0 Å². The van der Waals surface area contributed by atoms with Gasteiger partial charge in [-0.15, -0.1) is 0 Å². The lowest BCUT2D eigenvalue weighted by Gasteiger charge is -2.16. The molecule has 70 valence electrons. The van der Waals surface area contributed by atoms with E-state index in [4.69, 9.17) is 0 Å². The average molecular weight is 244 g/mol. The predicted octanol–water partition coefficient (Wildman–Crippen LogP) is 1.61. The highest BCUT2D eigenvalue weighted by Gasteiger charge is 2.09. The van der Waals surface area contributed by atoms with E-state index in [0.29, 0.717) is 17.0 Å².